The molecule has 14 heavy (non-hydrogen) atoms. The van der Waals surface area contributed by atoms with Gasteiger partial charge in [-0.1, -0.05) is 0 Å². The fourth-order valence-corrected chi connectivity index (χ4v) is 3.68. The van der Waals surface area contributed by atoms with Crippen LogP contribution in [0.5, 0.6) is 0 Å². The molecule has 0 aromatic carbocycles. The van der Waals surface area contributed by atoms with Gasteiger partial charge >= 0.3 is 5.97 Å². The highest BCUT2D eigenvalue weighted by Crippen LogP contribution is 2.15. The molecular formula is C11H21O2S+. The molecule has 0 radical (unpaired) electrons. The minimum atomic E-state index is -0.323. The summed E-state index contributed by atoms with van der Waals surface area (Å²) < 4.78 is 5.31. The molecule has 0 aromatic heterocycles. The van der Waals surface area contributed by atoms with Gasteiger partial charge in [0.1, 0.15) is 17.1 Å². The Morgan fingerprint density at radius 3 is 2.29 bits per heavy atom. The second-order valence-electron chi connectivity index (χ2n) is 4.81. The lowest BCUT2D eigenvalue weighted by molar-refractivity contribution is -0.151. The molecule has 1 rings (SSSR count). The highest BCUT2D eigenvalue weighted by atomic mass is 32.2. The lowest BCUT2D eigenvalue weighted by atomic mass is 10.2. The van der Waals surface area contributed by atoms with Crippen LogP contribution in [0.4, 0.5) is 0 Å². The standard InChI is InChI=1S/C11H21O2S/c1-11(2,3)13-10(12)9-14-7-5-4-6-8-14/h4-9H2,1-3H3/q+1. The molecule has 0 unspecified atom stereocenters. The van der Waals surface area contributed by atoms with E-state index in [1.54, 1.807) is 0 Å². The van der Waals surface area contributed by atoms with Crippen LogP contribution in [0.3, 0.4) is 0 Å². The zero-order valence-corrected chi connectivity index (χ0v) is 10.3. The van der Waals surface area contributed by atoms with Crippen molar-refractivity contribution in [3.05, 3.63) is 0 Å². The molecule has 1 aliphatic heterocycles. The van der Waals surface area contributed by atoms with Gasteiger partial charge in [0, 0.05) is 0 Å². The number of hydrogen-bond acceptors (Lipinski definition) is 2. The second kappa shape index (κ2) is 5.06. The van der Waals surface area contributed by atoms with Gasteiger partial charge in [-0.2, -0.15) is 0 Å². The Labute approximate surface area is 89.7 Å². The van der Waals surface area contributed by atoms with E-state index < -0.39 is 0 Å². The number of esters is 1. The number of ether oxygens (including phenoxy) is 1. The minimum Gasteiger partial charge on any atom is -0.456 e. The molecule has 3 heteroatoms. The highest BCUT2D eigenvalue weighted by Gasteiger charge is 2.28. The molecule has 2 nitrogen and oxygen atoms in total. The van der Waals surface area contributed by atoms with Crippen molar-refractivity contribution in [2.75, 3.05) is 17.3 Å². The van der Waals surface area contributed by atoms with Crippen LogP contribution in [0.25, 0.3) is 0 Å². The Kier molecular flexibility index (Phi) is 4.30. The molecule has 1 fully saturated rings. The van der Waals surface area contributed by atoms with Gasteiger partial charge in [-0.25, -0.2) is 4.79 Å². The van der Waals surface area contributed by atoms with Crippen molar-refractivity contribution >= 4 is 16.9 Å². The second-order valence-corrected chi connectivity index (χ2v) is 7.14. The van der Waals surface area contributed by atoms with Gasteiger partial charge in [0.15, 0.2) is 0 Å². The summed E-state index contributed by atoms with van der Waals surface area (Å²) >= 11 is 0. The number of carbonyl (C=O) groups is 1. The van der Waals surface area contributed by atoms with Gasteiger partial charge < -0.3 is 4.74 Å². The molecule has 0 amide bonds. The zero-order valence-electron chi connectivity index (χ0n) is 9.47. The van der Waals surface area contributed by atoms with Crippen LogP contribution in [-0.2, 0) is 20.4 Å². The maximum absolute atomic E-state index is 11.5. The van der Waals surface area contributed by atoms with Crippen molar-refractivity contribution in [3.63, 3.8) is 0 Å². The molecule has 0 saturated carbocycles. The van der Waals surface area contributed by atoms with E-state index in [0.29, 0.717) is 16.6 Å². The van der Waals surface area contributed by atoms with Crippen LogP contribution in [-0.4, -0.2) is 28.8 Å². The summed E-state index contributed by atoms with van der Waals surface area (Å²) in [5.74, 6) is 3.11. The van der Waals surface area contributed by atoms with E-state index in [9.17, 15) is 4.79 Å². The smallest absolute Gasteiger partial charge is 0.356 e. The maximum Gasteiger partial charge on any atom is 0.356 e. The van der Waals surface area contributed by atoms with Crippen LogP contribution in [0, 0.1) is 0 Å². The number of rotatable bonds is 2. The van der Waals surface area contributed by atoms with Gasteiger partial charge in [0.25, 0.3) is 0 Å². The van der Waals surface area contributed by atoms with Gasteiger partial charge in [-0.05, 0) is 50.9 Å². The average molecular weight is 217 g/mol. The first-order chi connectivity index (χ1) is 6.47. The third-order valence-electron chi connectivity index (χ3n) is 2.11. The third kappa shape index (κ3) is 4.89. The van der Waals surface area contributed by atoms with E-state index >= 15 is 0 Å². The summed E-state index contributed by atoms with van der Waals surface area (Å²) in [6.07, 6.45) is 3.94. The van der Waals surface area contributed by atoms with Crippen molar-refractivity contribution in [1.29, 1.82) is 0 Å². The van der Waals surface area contributed by atoms with E-state index in [1.165, 1.54) is 30.8 Å². The quantitative estimate of drug-likeness (QED) is 0.523. The summed E-state index contributed by atoms with van der Waals surface area (Å²) in [5, 5.41) is 0. The predicted molar refractivity (Wildman–Crippen MR) is 61.7 cm³/mol. The summed E-state index contributed by atoms with van der Waals surface area (Å²) in [6.45, 7) is 5.78. The first kappa shape index (κ1) is 11.9. The van der Waals surface area contributed by atoms with Crippen LogP contribution in [0.2, 0.25) is 0 Å². The van der Waals surface area contributed by atoms with Crippen molar-refractivity contribution in [2.24, 2.45) is 0 Å². The normalized spacial score (nSPS) is 19.4. The van der Waals surface area contributed by atoms with E-state index in [-0.39, 0.29) is 11.6 Å². The average Bonchev–Trinajstić information content (AvgIpc) is 2.02. The van der Waals surface area contributed by atoms with Crippen LogP contribution in [0.15, 0.2) is 0 Å². The van der Waals surface area contributed by atoms with Gasteiger partial charge in [0.05, 0.1) is 0 Å². The lowest BCUT2D eigenvalue weighted by Gasteiger charge is -2.20. The van der Waals surface area contributed by atoms with Crippen molar-refractivity contribution in [2.45, 2.75) is 45.6 Å². The maximum atomic E-state index is 11.5. The lowest BCUT2D eigenvalue weighted by Crippen LogP contribution is -2.31. The predicted octanol–water partition coefficient (Wildman–Crippen LogP) is 2.13. The van der Waals surface area contributed by atoms with E-state index in [0.717, 1.165) is 0 Å². The summed E-state index contributed by atoms with van der Waals surface area (Å²) in [5.41, 5.74) is -0.323. The molecule has 0 atom stereocenters. The van der Waals surface area contributed by atoms with E-state index in [2.05, 4.69) is 0 Å². The van der Waals surface area contributed by atoms with E-state index in [4.69, 9.17) is 4.74 Å². The Balaban J connectivity index is 2.25. The van der Waals surface area contributed by atoms with Gasteiger partial charge in [-0.15, -0.1) is 0 Å². The SMILES string of the molecule is CC(C)(C)OC(=O)C[S+]1CCCCC1. The van der Waals surface area contributed by atoms with Crippen molar-refractivity contribution in [3.8, 4) is 0 Å². The summed E-state index contributed by atoms with van der Waals surface area (Å²) in [4.78, 5) is 11.5. The Bertz CT molecular complexity index is 190. The van der Waals surface area contributed by atoms with Crippen molar-refractivity contribution < 1.29 is 9.53 Å². The largest absolute Gasteiger partial charge is 0.456 e. The molecule has 1 aliphatic rings. The topological polar surface area (TPSA) is 26.3 Å². The fraction of sp³-hybridized carbons (Fsp3) is 0.909. The molecule has 0 aliphatic carbocycles. The minimum absolute atomic E-state index is 0.0114. The Morgan fingerprint density at radius 1 is 1.21 bits per heavy atom. The Hall–Kier alpha value is -0.180. The van der Waals surface area contributed by atoms with Gasteiger partial charge in [-0.3, -0.25) is 0 Å². The molecule has 0 bridgehead atoms. The van der Waals surface area contributed by atoms with Crippen LogP contribution >= 0.6 is 0 Å². The molecule has 1 heterocycles. The molecular weight excluding hydrogens is 196 g/mol. The third-order valence-corrected chi connectivity index (χ3v) is 4.48. The number of hydrogen-bond donors (Lipinski definition) is 0. The summed E-state index contributed by atoms with van der Waals surface area (Å²) in [6, 6.07) is 0. The molecule has 0 aromatic rings. The van der Waals surface area contributed by atoms with Gasteiger partial charge in [0.2, 0.25) is 5.75 Å². The van der Waals surface area contributed by atoms with Crippen molar-refractivity contribution in [1.82, 2.24) is 0 Å². The molecule has 0 N–H and O–H groups in total. The van der Waals surface area contributed by atoms with Crippen LogP contribution < -0.4 is 0 Å². The Morgan fingerprint density at radius 2 is 1.79 bits per heavy atom. The highest BCUT2D eigenvalue weighted by molar-refractivity contribution is 7.97. The summed E-state index contributed by atoms with van der Waals surface area (Å²) in [7, 11) is 0.316. The monoisotopic (exact) mass is 217 g/mol. The fourth-order valence-electron chi connectivity index (χ4n) is 1.57. The first-order valence-corrected chi connectivity index (χ1v) is 7.06. The molecule has 82 valence electrons. The number of carbonyl (C=O) groups excluding carboxylic acids is 1. The molecule has 1 saturated heterocycles. The zero-order chi connectivity index (χ0) is 10.6. The molecule has 0 spiro atoms. The first-order valence-electron chi connectivity index (χ1n) is 5.33. The van der Waals surface area contributed by atoms with E-state index in [1.807, 2.05) is 20.8 Å². The van der Waals surface area contributed by atoms with Crippen LogP contribution in [0.1, 0.15) is 40.0 Å².